The van der Waals surface area contributed by atoms with Gasteiger partial charge in [0.25, 0.3) is 0 Å². The lowest BCUT2D eigenvalue weighted by molar-refractivity contribution is 0.189. The van der Waals surface area contributed by atoms with Gasteiger partial charge in [0.2, 0.25) is 0 Å². The fourth-order valence-corrected chi connectivity index (χ4v) is 4.28. The second kappa shape index (κ2) is 7.59. The molecule has 2 aliphatic rings. The second-order valence-electron chi connectivity index (χ2n) is 7.24. The summed E-state index contributed by atoms with van der Waals surface area (Å²) in [6.45, 7) is 3.36. The summed E-state index contributed by atoms with van der Waals surface area (Å²) in [5, 5.41) is 3.17. The van der Waals surface area contributed by atoms with Gasteiger partial charge >= 0.3 is 6.03 Å². The van der Waals surface area contributed by atoms with Crippen molar-refractivity contribution in [2.75, 3.05) is 13.2 Å². The minimum absolute atomic E-state index is 0.0327. The molecule has 1 aliphatic carbocycles. The molecule has 2 aromatic rings. The highest BCUT2D eigenvalue weighted by atomic mass is 19.1. The van der Waals surface area contributed by atoms with Crippen LogP contribution in [0.5, 0.6) is 5.75 Å². The van der Waals surface area contributed by atoms with Gasteiger partial charge in [0.15, 0.2) is 0 Å². The van der Waals surface area contributed by atoms with Crippen molar-refractivity contribution in [1.82, 2.24) is 10.2 Å². The van der Waals surface area contributed by atoms with Crippen molar-refractivity contribution in [3.8, 4) is 5.75 Å². The highest BCUT2D eigenvalue weighted by Crippen LogP contribution is 2.35. The Morgan fingerprint density at radius 1 is 1.22 bits per heavy atom. The molecule has 4 nitrogen and oxygen atoms in total. The first-order chi connectivity index (χ1) is 13.2. The average Bonchev–Trinajstić information content (AvgIpc) is 3.30. The van der Waals surface area contributed by atoms with Gasteiger partial charge < -0.3 is 15.0 Å². The summed E-state index contributed by atoms with van der Waals surface area (Å²) < 4.78 is 18.9. The third-order valence-electron chi connectivity index (χ3n) is 5.57. The molecule has 2 aromatic carbocycles. The Hall–Kier alpha value is -2.56. The van der Waals surface area contributed by atoms with E-state index in [0.717, 1.165) is 54.7 Å². The Bertz CT molecular complexity index is 822. The summed E-state index contributed by atoms with van der Waals surface area (Å²) in [6.07, 6.45) is 3.60. The minimum Gasteiger partial charge on any atom is -0.494 e. The molecule has 5 heteroatoms. The number of benzene rings is 2. The molecule has 0 saturated carbocycles. The van der Waals surface area contributed by atoms with Crippen LogP contribution in [-0.2, 0) is 6.42 Å². The Labute approximate surface area is 159 Å². The maximum absolute atomic E-state index is 13.4. The lowest BCUT2D eigenvalue weighted by Crippen LogP contribution is -2.40. The molecule has 142 valence electrons. The van der Waals surface area contributed by atoms with Gasteiger partial charge in [-0.25, -0.2) is 9.18 Å². The fraction of sp³-hybridized carbons (Fsp3) is 0.409. The number of fused-ring (bicyclic) bond motifs is 1. The molecule has 1 saturated heterocycles. The van der Waals surface area contributed by atoms with E-state index in [9.17, 15) is 9.18 Å². The maximum atomic E-state index is 13.4. The van der Waals surface area contributed by atoms with Crippen molar-refractivity contribution >= 4 is 6.03 Å². The number of nitrogens with zero attached hydrogens (tertiary/aromatic N) is 1. The normalized spacial score (nSPS) is 21.2. The van der Waals surface area contributed by atoms with E-state index in [1.54, 1.807) is 12.1 Å². The van der Waals surface area contributed by atoms with E-state index in [0.29, 0.717) is 6.61 Å². The number of aryl methyl sites for hydroxylation is 1. The lowest BCUT2D eigenvalue weighted by Gasteiger charge is -2.27. The van der Waals surface area contributed by atoms with Crippen LogP contribution in [0.25, 0.3) is 0 Å². The van der Waals surface area contributed by atoms with E-state index in [1.807, 2.05) is 24.0 Å². The predicted molar refractivity (Wildman–Crippen MR) is 102 cm³/mol. The summed E-state index contributed by atoms with van der Waals surface area (Å²) >= 11 is 0. The third kappa shape index (κ3) is 3.64. The van der Waals surface area contributed by atoms with E-state index in [4.69, 9.17) is 4.74 Å². The Balaban J connectivity index is 1.45. The van der Waals surface area contributed by atoms with Crippen LogP contribution in [0.2, 0.25) is 0 Å². The number of nitrogens with one attached hydrogen (secondary N) is 1. The van der Waals surface area contributed by atoms with Gasteiger partial charge in [-0.05, 0) is 73.6 Å². The molecule has 0 radical (unpaired) electrons. The van der Waals surface area contributed by atoms with Crippen LogP contribution in [-0.4, -0.2) is 24.1 Å². The Kier molecular flexibility index (Phi) is 5.01. The molecule has 0 bridgehead atoms. The van der Waals surface area contributed by atoms with Crippen LogP contribution >= 0.6 is 0 Å². The van der Waals surface area contributed by atoms with E-state index in [2.05, 4.69) is 17.4 Å². The number of hydrogen-bond acceptors (Lipinski definition) is 2. The highest BCUT2D eigenvalue weighted by molar-refractivity contribution is 5.76. The summed E-state index contributed by atoms with van der Waals surface area (Å²) in [5.74, 6) is 0.640. The molecule has 0 aromatic heterocycles. The highest BCUT2D eigenvalue weighted by Gasteiger charge is 2.32. The summed E-state index contributed by atoms with van der Waals surface area (Å²) in [5.41, 5.74) is 3.19. The van der Waals surface area contributed by atoms with Gasteiger partial charge in [-0.3, -0.25) is 0 Å². The monoisotopic (exact) mass is 368 g/mol. The zero-order chi connectivity index (χ0) is 18.8. The zero-order valence-electron chi connectivity index (χ0n) is 15.6. The Morgan fingerprint density at radius 2 is 2.04 bits per heavy atom. The largest absolute Gasteiger partial charge is 0.494 e. The molecule has 1 heterocycles. The molecule has 4 rings (SSSR count). The van der Waals surface area contributed by atoms with Gasteiger partial charge in [0.1, 0.15) is 11.6 Å². The molecule has 1 N–H and O–H groups in total. The second-order valence-corrected chi connectivity index (χ2v) is 7.24. The smallest absolute Gasteiger partial charge is 0.318 e. The molecule has 2 unspecified atom stereocenters. The van der Waals surface area contributed by atoms with Crippen LogP contribution in [0, 0.1) is 5.82 Å². The first-order valence-electron chi connectivity index (χ1n) is 9.74. The first-order valence-corrected chi connectivity index (χ1v) is 9.74. The van der Waals surface area contributed by atoms with Crippen LogP contribution in [0.1, 0.15) is 55.0 Å². The van der Waals surface area contributed by atoms with Crippen LogP contribution in [0.4, 0.5) is 9.18 Å². The summed E-state index contributed by atoms with van der Waals surface area (Å²) in [7, 11) is 0. The number of amides is 2. The number of ether oxygens (including phenoxy) is 1. The summed E-state index contributed by atoms with van der Waals surface area (Å²) in [4.78, 5) is 14.9. The molecule has 1 fully saturated rings. The van der Waals surface area contributed by atoms with E-state index in [1.165, 1.54) is 6.07 Å². The molecule has 1 aliphatic heterocycles. The molecule has 0 spiro atoms. The molecule has 2 amide bonds. The number of carbonyl (C=O) groups is 1. The minimum atomic E-state index is -0.212. The van der Waals surface area contributed by atoms with Crippen molar-refractivity contribution < 1.29 is 13.9 Å². The fourth-order valence-electron chi connectivity index (χ4n) is 4.28. The molecule has 2 atom stereocenters. The lowest BCUT2D eigenvalue weighted by atomic mass is 10.0. The van der Waals surface area contributed by atoms with Crippen molar-refractivity contribution in [2.45, 2.75) is 44.7 Å². The molecular formula is C22H25FN2O2. The topological polar surface area (TPSA) is 41.6 Å². The van der Waals surface area contributed by atoms with Gasteiger partial charge in [-0.1, -0.05) is 18.2 Å². The predicted octanol–water partition coefficient (Wildman–Crippen LogP) is 4.76. The van der Waals surface area contributed by atoms with Crippen molar-refractivity contribution in [3.63, 3.8) is 0 Å². The number of halogens is 1. The van der Waals surface area contributed by atoms with Crippen molar-refractivity contribution in [3.05, 3.63) is 65.0 Å². The number of hydrogen-bond donors (Lipinski definition) is 1. The number of carbonyl (C=O) groups excluding carboxylic acids is 1. The Morgan fingerprint density at radius 3 is 2.81 bits per heavy atom. The number of likely N-dealkylation sites (tertiary alicyclic amines) is 1. The van der Waals surface area contributed by atoms with Gasteiger partial charge in [-0.15, -0.1) is 0 Å². The standard InChI is InChI=1S/C22H25FN2O2/c1-2-27-18-9-5-15(6-10-18)21-4-3-13-25(21)22(26)24-20-12-7-16-14-17(23)8-11-19(16)20/h5-6,8-11,14,20-21H,2-4,7,12-13H2,1H3,(H,24,26). The average molecular weight is 368 g/mol. The SMILES string of the molecule is CCOc1ccc(C2CCCN2C(=O)NC2CCc3cc(F)ccc32)cc1. The third-order valence-corrected chi connectivity index (χ3v) is 5.57. The number of rotatable bonds is 4. The quantitative estimate of drug-likeness (QED) is 0.845. The van der Waals surface area contributed by atoms with E-state index in [-0.39, 0.29) is 23.9 Å². The maximum Gasteiger partial charge on any atom is 0.318 e. The van der Waals surface area contributed by atoms with Gasteiger partial charge in [0, 0.05) is 6.54 Å². The first kappa shape index (κ1) is 17.8. The van der Waals surface area contributed by atoms with Crippen LogP contribution in [0.3, 0.4) is 0 Å². The van der Waals surface area contributed by atoms with Gasteiger partial charge in [0.05, 0.1) is 18.7 Å². The van der Waals surface area contributed by atoms with Crippen LogP contribution < -0.4 is 10.1 Å². The molecular weight excluding hydrogens is 343 g/mol. The zero-order valence-corrected chi connectivity index (χ0v) is 15.6. The van der Waals surface area contributed by atoms with E-state index >= 15 is 0 Å². The number of urea groups is 1. The van der Waals surface area contributed by atoms with Crippen molar-refractivity contribution in [2.24, 2.45) is 0 Å². The van der Waals surface area contributed by atoms with Crippen LogP contribution in [0.15, 0.2) is 42.5 Å². The van der Waals surface area contributed by atoms with Crippen molar-refractivity contribution in [1.29, 1.82) is 0 Å². The van der Waals surface area contributed by atoms with Gasteiger partial charge in [-0.2, -0.15) is 0 Å². The molecule has 27 heavy (non-hydrogen) atoms. The van der Waals surface area contributed by atoms with E-state index < -0.39 is 0 Å². The summed E-state index contributed by atoms with van der Waals surface area (Å²) in [6, 6.07) is 12.9.